The SMILES string of the molecule is O=C(O)c1c2cc(OCc3ccccc3)cc1CNCC2. The first kappa shape index (κ1) is 13.6. The van der Waals surface area contributed by atoms with E-state index in [4.69, 9.17) is 4.74 Å². The second-order valence-electron chi connectivity index (χ2n) is 5.12. The lowest BCUT2D eigenvalue weighted by Crippen LogP contribution is -2.13. The Kier molecular flexibility index (Phi) is 3.88. The molecule has 1 heterocycles. The minimum atomic E-state index is -0.863. The molecule has 0 aliphatic carbocycles. The fourth-order valence-corrected chi connectivity index (χ4v) is 2.62. The molecule has 1 aliphatic rings. The number of benzene rings is 2. The van der Waals surface area contributed by atoms with Crippen LogP contribution in [-0.4, -0.2) is 17.6 Å². The molecule has 0 saturated carbocycles. The zero-order chi connectivity index (χ0) is 14.7. The molecular weight excluding hydrogens is 266 g/mol. The standard InChI is InChI=1S/C17H17NO3/c19-17(20)16-13-6-7-18-10-14(16)9-15(8-13)21-11-12-4-2-1-3-5-12/h1-5,8-9,18H,6-7,10-11H2,(H,19,20). The van der Waals surface area contributed by atoms with E-state index in [1.165, 1.54) is 0 Å². The molecule has 2 aromatic rings. The van der Waals surface area contributed by atoms with Gasteiger partial charge in [0.05, 0.1) is 5.56 Å². The molecule has 0 radical (unpaired) electrons. The molecule has 0 spiro atoms. The molecule has 1 aliphatic heterocycles. The topological polar surface area (TPSA) is 58.6 Å². The van der Waals surface area contributed by atoms with Crippen molar-refractivity contribution in [1.82, 2.24) is 5.32 Å². The summed E-state index contributed by atoms with van der Waals surface area (Å²) in [6.07, 6.45) is 0.706. The highest BCUT2D eigenvalue weighted by atomic mass is 16.5. The Labute approximate surface area is 123 Å². The highest BCUT2D eigenvalue weighted by molar-refractivity contribution is 5.91. The summed E-state index contributed by atoms with van der Waals surface area (Å²) in [4.78, 5) is 11.4. The molecule has 108 valence electrons. The van der Waals surface area contributed by atoms with E-state index < -0.39 is 5.97 Å². The van der Waals surface area contributed by atoms with Crippen molar-refractivity contribution in [3.05, 3.63) is 64.7 Å². The van der Waals surface area contributed by atoms with Crippen molar-refractivity contribution >= 4 is 5.97 Å². The molecule has 0 atom stereocenters. The van der Waals surface area contributed by atoms with Crippen molar-refractivity contribution in [3.8, 4) is 5.75 Å². The molecule has 2 aromatic carbocycles. The van der Waals surface area contributed by atoms with Crippen molar-refractivity contribution in [1.29, 1.82) is 0 Å². The van der Waals surface area contributed by atoms with Crippen molar-refractivity contribution in [2.75, 3.05) is 6.54 Å². The third-order valence-corrected chi connectivity index (χ3v) is 3.62. The molecule has 0 saturated heterocycles. The van der Waals surface area contributed by atoms with Crippen LogP contribution in [0.15, 0.2) is 42.5 Å². The van der Waals surface area contributed by atoms with Gasteiger partial charge in [-0.15, -0.1) is 0 Å². The Bertz CT molecular complexity index is 625. The van der Waals surface area contributed by atoms with E-state index in [9.17, 15) is 9.90 Å². The molecule has 0 aromatic heterocycles. The minimum Gasteiger partial charge on any atom is -0.489 e. The first-order valence-corrected chi connectivity index (χ1v) is 7.00. The van der Waals surface area contributed by atoms with E-state index in [0.29, 0.717) is 25.1 Å². The van der Waals surface area contributed by atoms with Crippen LogP contribution in [0.2, 0.25) is 0 Å². The summed E-state index contributed by atoms with van der Waals surface area (Å²) in [5.74, 6) is -0.129. The van der Waals surface area contributed by atoms with Gasteiger partial charge in [0, 0.05) is 6.54 Å². The number of carbonyl (C=O) groups is 1. The number of carboxylic acids is 1. The maximum atomic E-state index is 11.4. The first-order valence-electron chi connectivity index (χ1n) is 7.00. The van der Waals surface area contributed by atoms with E-state index in [1.807, 2.05) is 42.5 Å². The van der Waals surface area contributed by atoms with Crippen LogP contribution in [0.25, 0.3) is 0 Å². The summed E-state index contributed by atoms with van der Waals surface area (Å²) in [6.45, 7) is 1.84. The number of aromatic carboxylic acids is 1. The van der Waals surface area contributed by atoms with Gasteiger partial charge in [-0.05, 0) is 41.8 Å². The average molecular weight is 283 g/mol. The van der Waals surface area contributed by atoms with Gasteiger partial charge in [0.25, 0.3) is 0 Å². The van der Waals surface area contributed by atoms with Gasteiger partial charge in [-0.3, -0.25) is 0 Å². The summed E-state index contributed by atoms with van der Waals surface area (Å²) in [7, 11) is 0. The summed E-state index contributed by atoms with van der Waals surface area (Å²) < 4.78 is 5.82. The van der Waals surface area contributed by atoms with Gasteiger partial charge in [-0.1, -0.05) is 30.3 Å². The number of hydrogen-bond acceptors (Lipinski definition) is 3. The lowest BCUT2D eigenvalue weighted by atomic mass is 9.99. The van der Waals surface area contributed by atoms with Gasteiger partial charge in [0.15, 0.2) is 0 Å². The molecule has 3 rings (SSSR count). The highest BCUT2D eigenvalue weighted by Gasteiger charge is 2.19. The second-order valence-corrected chi connectivity index (χ2v) is 5.12. The summed E-state index contributed by atoms with van der Waals surface area (Å²) in [5.41, 5.74) is 3.15. The largest absolute Gasteiger partial charge is 0.489 e. The van der Waals surface area contributed by atoms with E-state index in [1.54, 1.807) is 0 Å². The molecule has 0 fully saturated rings. The van der Waals surface area contributed by atoms with E-state index in [0.717, 1.165) is 29.0 Å². The predicted molar refractivity (Wildman–Crippen MR) is 79.6 cm³/mol. The second kappa shape index (κ2) is 5.97. The van der Waals surface area contributed by atoms with Gasteiger partial charge >= 0.3 is 5.97 Å². The average Bonchev–Trinajstić information content (AvgIpc) is 2.62. The zero-order valence-corrected chi connectivity index (χ0v) is 11.6. The van der Waals surface area contributed by atoms with E-state index in [-0.39, 0.29) is 0 Å². The quantitative estimate of drug-likeness (QED) is 0.905. The van der Waals surface area contributed by atoms with Crippen molar-refractivity contribution in [3.63, 3.8) is 0 Å². The molecule has 4 heteroatoms. The number of ether oxygens (including phenoxy) is 1. The van der Waals surface area contributed by atoms with Crippen LogP contribution in [-0.2, 0) is 19.6 Å². The number of hydrogen-bond donors (Lipinski definition) is 2. The fourth-order valence-electron chi connectivity index (χ4n) is 2.62. The summed E-state index contributed by atoms with van der Waals surface area (Å²) in [6, 6.07) is 13.6. The third kappa shape index (κ3) is 3.06. The molecule has 2 N–H and O–H groups in total. The van der Waals surface area contributed by atoms with E-state index >= 15 is 0 Å². The first-order chi connectivity index (χ1) is 10.2. The minimum absolute atomic E-state index is 0.423. The Morgan fingerprint density at radius 1 is 1.19 bits per heavy atom. The van der Waals surface area contributed by atoms with Crippen LogP contribution in [0.3, 0.4) is 0 Å². The summed E-state index contributed by atoms with van der Waals surface area (Å²) >= 11 is 0. The Hall–Kier alpha value is -2.33. The van der Waals surface area contributed by atoms with Gasteiger partial charge in [-0.25, -0.2) is 4.79 Å². The molecule has 4 nitrogen and oxygen atoms in total. The van der Waals surface area contributed by atoms with Crippen LogP contribution in [0.5, 0.6) is 5.75 Å². The molecule has 0 amide bonds. The number of nitrogens with one attached hydrogen (secondary N) is 1. The Morgan fingerprint density at radius 3 is 2.71 bits per heavy atom. The van der Waals surface area contributed by atoms with Crippen molar-refractivity contribution in [2.45, 2.75) is 19.6 Å². The predicted octanol–water partition coefficient (Wildman–Crippen LogP) is 2.61. The number of rotatable bonds is 4. The summed E-state index contributed by atoms with van der Waals surface area (Å²) in [5, 5.41) is 12.6. The van der Waals surface area contributed by atoms with Gasteiger partial charge in [0.2, 0.25) is 0 Å². The van der Waals surface area contributed by atoms with Crippen LogP contribution >= 0.6 is 0 Å². The molecule has 21 heavy (non-hydrogen) atoms. The molecule has 2 bridgehead atoms. The smallest absolute Gasteiger partial charge is 0.336 e. The molecular formula is C17H17NO3. The number of carboxylic acid groups (broad SMARTS) is 1. The third-order valence-electron chi connectivity index (χ3n) is 3.62. The van der Waals surface area contributed by atoms with Crippen LogP contribution < -0.4 is 10.1 Å². The van der Waals surface area contributed by atoms with E-state index in [2.05, 4.69) is 5.32 Å². The fraction of sp³-hybridized carbons (Fsp3) is 0.235. The normalized spacial score (nSPS) is 13.5. The maximum absolute atomic E-state index is 11.4. The van der Waals surface area contributed by atoms with Gasteiger partial charge in [0.1, 0.15) is 12.4 Å². The van der Waals surface area contributed by atoms with Crippen LogP contribution in [0, 0.1) is 0 Å². The Balaban J connectivity index is 1.85. The van der Waals surface area contributed by atoms with Gasteiger partial charge < -0.3 is 15.2 Å². The van der Waals surface area contributed by atoms with Crippen molar-refractivity contribution in [2.24, 2.45) is 0 Å². The monoisotopic (exact) mass is 283 g/mol. The van der Waals surface area contributed by atoms with Crippen LogP contribution in [0.1, 0.15) is 27.0 Å². The van der Waals surface area contributed by atoms with Crippen molar-refractivity contribution < 1.29 is 14.6 Å². The number of fused-ring (bicyclic) bond motifs is 2. The highest BCUT2D eigenvalue weighted by Crippen LogP contribution is 2.26. The van der Waals surface area contributed by atoms with Gasteiger partial charge in [-0.2, -0.15) is 0 Å². The lowest BCUT2D eigenvalue weighted by Gasteiger charge is -2.12. The van der Waals surface area contributed by atoms with Crippen LogP contribution in [0.4, 0.5) is 0 Å². The molecule has 0 unspecified atom stereocenters. The lowest BCUT2D eigenvalue weighted by molar-refractivity contribution is 0.0694. The zero-order valence-electron chi connectivity index (χ0n) is 11.6. The Morgan fingerprint density at radius 2 is 1.95 bits per heavy atom. The maximum Gasteiger partial charge on any atom is 0.336 e.